The molecular formula is C23H25N5O3S. The number of hydrogen-bond donors (Lipinski definition) is 2. The zero-order valence-electron chi connectivity index (χ0n) is 17.6. The molecule has 166 valence electrons. The smallest absolute Gasteiger partial charge is 0.263 e. The zero-order valence-corrected chi connectivity index (χ0v) is 18.4. The quantitative estimate of drug-likeness (QED) is 0.575. The van der Waals surface area contributed by atoms with Crippen LogP contribution in [0.4, 0.5) is 5.13 Å². The molecular weight excluding hydrogens is 426 g/mol. The predicted molar refractivity (Wildman–Crippen MR) is 124 cm³/mol. The summed E-state index contributed by atoms with van der Waals surface area (Å²) in [4.78, 5) is 47.7. The average Bonchev–Trinajstić information content (AvgIpc) is 3.26. The maximum atomic E-state index is 12.6. The van der Waals surface area contributed by atoms with Gasteiger partial charge in [0.1, 0.15) is 5.56 Å². The van der Waals surface area contributed by atoms with E-state index in [-0.39, 0.29) is 11.5 Å². The topological polar surface area (TPSA) is 98.4 Å². The largest absolute Gasteiger partial charge is 0.340 e. The fourth-order valence-corrected chi connectivity index (χ4v) is 4.37. The fraction of sp³-hybridized carbons (Fsp3) is 0.304. The Morgan fingerprint density at radius 1 is 1.06 bits per heavy atom. The lowest BCUT2D eigenvalue weighted by Crippen LogP contribution is -2.48. The molecule has 2 N–H and O–H groups in total. The highest BCUT2D eigenvalue weighted by Crippen LogP contribution is 2.18. The van der Waals surface area contributed by atoms with Crippen molar-refractivity contribution in [1.82, 2.24) is 19.8 Å². The number of hydrogen-bond acceptors (Lipinski definition) is 6. The lowest BCUT2D eigenvalue weighted by Gasteiger charge is -2.34. The molecule has 2 amide bonds. The normalized spacial score (nSPS) is 14.3. The number of anilines is 1. The van der Waals surface area contributed by atoms with Crippen molar-refractivity contribution >= 4 is 28.3 Å². The van der Waals surface area contributed by atoms with Gasteiger partial charge in [0, 0.05) is 50.7 Å². The van der Waals surface area contributed by atoms with Crippen molar-refractivity contribution in [2.75, 3.05) is 31.5 Å². The summed E-state index contributed by atoms with van der Waals surface area (Å²) < 4.78 is 0. The summed E-state index contributed by atoms with van der Waals surface area (Å²) in [5, 5.41) is 4.88. The molecule has 1 aromatic carbocycles. The van der Waals surface area contributed by atoms with Gasteiger partial charge in [0.25, 0.3) is 11.5 Å². The van der Waals surface area contributed by atoms with Gasteiger partial charge in [0.05, 0.1) is 5.69 Å². The molecule has 0 bridgehead atoms. The van der Waals surface area contributed by atoms with Crippen molar-refractivity contribution < 1.29 is 9.59 Å². The zero-order chi connectivity index (χ0) is 22.3. The number of aryl methyl sites for hydroxylation is 1. The molecule has 9 heteroatoms. The van der Waals surface area contributed by atoms with E-state index in [4.69, 9.17) is 0 Å². The lowest BCUT2D eigenvalue weighted by atomic mass is 10.2. The van der Waals surface area contributed by atoms with Crippen LogP contribution < -0.4 is 10.9 Å². The van der Waals surface area contributed by atoms with E-state index in [1.54, 1.807) is 6.07 Å². The molecule has 8 nitrogen and oxygen atoms in total. The Bertz CT molecular complexity index is 1120. The van der Waals surface area contributed by atoms with Crippen LogP contribution in [0, 0.1) is 0 Å². The number of aromatic nitrogens is 2. The molecule has 32 heavy (non-hydrogen) atoms. The van der Waals surface area contributed by atoms with Gasteiger partial charge in [-0.3, -0.25) is 24.6 Å². The summed E-state index contributed by atoms with van der Waals surface area (Å²) in [6.45, 7) is 4.11. The molecule has 0 saturated carbocycles. The highest BCUT2D eigenvalue weighted by Gasteiger charge is 2.21. The van der Waals surface area contributed by atoms with Gasteiger partial charge in [-0.15, -0.1) is 11.3 Å². The summed E-state index contributed by atoms with van der Waals surface area (Å²) in [5.74, 6) is -0.379. The van der Waals surface area contributed by atoms with Crippen LogP contribution in [0.1, 0.15) is 28.0 Å². The second kappa shape index (κ2) is 10.3. The van der Waals surface area contributed by atoms with E-state index in [2.05, 4.69) is 32.3 Å². The second-order valence-electron chi connectivity index (χ2n) is 7.65. The Kier molecular flexibility index (Phi) is 7.08. The van der Waals surface area contributed by atoms with Crippen LogP contribution in [0.3, 0.4) is 0 Å². The number of carbonyl (C=O) groups excluding carboxylic acids is 2. The molecule has 0 radical (unpaired) electrons. The molecule has 0 atom stereocenters. The standard InChI is InChI=1S/C23H25N5O3S/c29-20(28-13-11-27(12-14-28)15-17-5-2-1-3-6-17)9-8-18-16-32-23(25-18)26-22(31)19-7-4-10-24-21(19)30/h1-7,10,16H,8-9,11-15H2,(H,24,30)(H,25,26,31). The Hall–Kier alpha value is -3.30. The summed E-state index contributed by atoms with van der Waals surface area (Å²) in [6.07, 6.45) is 2.37. The highest BCUT2D eigenvalue weighted by atomic mass is 32.1. The van der Waals surface area contributed by atoms with Gasteiger partial charge in [-0.1, -0.05) is 30.3 Å². The first kappa shape index (κ1) is 21.9. The third-order valence-electron chi connectivity index (χ3n) is 5.40. The lowest BCUT2D eigenvalue weighted by molar-refractivity contribution is -0.133. The summed E-state index contributed by atoms with van der Waals surface area (Å²) >= 11 is 1.28. The number of rotatable bonds is 7. The van der Waals surface area contributed by atoms with Gasteiger partial charge >= 0.3 is 0 Å². The van der Waals surface area contributed by atoms with Crippen molar-refractivity contribution in [1.29, 1.82) is 0 Å². The molecule has 1 aliphatic rings. The summed E-state index contributed by atoms with van der Waals surface area (Å²) in [6, 6.07) is 13.4. The van der Waals surface area contributed by atoms with E-state index in [1.807, 2.05) is 28.5 Å². The predicted octanol–water partition coefficient (Wildman–Crippen LogP) is 2.36. The monoisotopic (exact) mass is 451 g/mol. The van der Waals surface area contributed by atoms with E-state index < -0.39 is 11.5 Å². The van der Waals surface area contributed by atoms with Gasteiger partial charge in [-0.25, -0.2) is 4.98 Å². The first-order valence-electron chi connectivity index (χ1n) is 10.6. The molecule has 1 fully saturated rings. The maximum absolute atomic E-state index is 12.6. The number of benzene rings is 1. The molecule has 0 unspecified atom stereocenters. The van der Waals surface area contributed by atoms with Crippen LogP contribution >= 0.6 is 11.3 Å². The summed E-state index contributed by atoms with van der Waals surface area (Å²) in [5.41, 5.74) is 1.63. The van der Waals surface area contributed by atoms with Crippen LogP contribution in [0.25, 0.3) is 0 Å². The number of aromatic amines is 1. The van der Waals surface area contributed by atoms with E-state index in [1.165, 1.54) is 29.2 Å². The molecule has 1 aliphatic heterocycles. The van der Waals surface area contributed by atoms with Gasteiger partial charge in [-0.2, -0.15) is 0 Å². The van der Waals surface area contributed by atoms with Gasteiger partial charge in [0.2, 0.25) is 5.91 Å². The van der Waals surface area contributed by atoms with Crippen molar-refractivity contribution in [2.45, 2.75) is 19.4 Å². The molecule has 3 heterocycles. The number of nitrogens with zero attached hydrogens (tertiary/aromatic N) is 3. The molecule has 0 spiro atoms. The van der Waals surface area contributed by atoms with E-state index in [0.717, 1.165) is 38.4 Å². The fourth-order valence-electron chi connectivity index (χ4n) is 3.63. The number of carbonyl (C=O) groups is 2. The van der Waals surface area contributed by atoms with Crippen molar-refractivity contribution in [3.05, 3.63) is 81.2 Å². The van der Waals surface area contributed by atoms with E-state index >= 15 is 0 Å². The summed E-state index contributed by atoms with van der Waals surface area (Å²) in [7, 11) is 0. The number of H-pyrrole nitrogens is 1. The minimum absolute atomic E-state index is 0.0332. The molecule has 1 saturated heterocycles. The van der Waals surface area contributed by atoms with Crippen LogP contribution in [0.5, 0.6) is 0 Å². The molecule has 4 rings (SSSR count). The van der Waals surface area contributed by atoms with Crippen molar-refractivity contribution in [2.24, 2.45) is 0 Å². The first-order valence-corrected chi connectivity index (χ1v) is 11.4. The van der Waals surface area contributed by atoms with Crippen molar-refractivity contribution in [3.63, 3.8) is 0 Å². The SMILES string of the molecule is O=C(Nc1nc(CCC(=O)N2CCN(Cc3ccccc3)CC2)cs1)c1ccc[nH]c1=O. The number of piperazine rings is 1. The van der Waals surface area contributed by atoms with Crippen LogP contribution in [0.2, 0.25) is 0 Å². The van der Waals surface area contributed by atoms with Crippen LogP contribution in [-0.2, 0) is 17.8 Å². The van der Waals surface area contributed by atoms with Crippen LogP contribution in [-0.4, -0.2) is 57.8 Å². The molecule has 0 aliphatic carbocycles. The van der Waals surface area contributed by atoms with E-state index in [9.17, 15) is 14.4 Å². The number of thiazole rings is 1. The number of amides is 2. The minimum atomic E-state index is -0.503. The van der Waals surface area contributed by atoms with E-state index in [0.29, 0.717) is 18.0 Å². The highest BCUT2D eigenvalue weighted by molar-refractivity contribution is 7.14. The molecule has 3 aromatic rings. The maximum Gasteiger partial charge on any atom is 0.263 e. The van der Waals surface area contributed by atoms with Gasteiger partial charge < -0.3 is 9.88 Å². The minimum Gasteiger partial charge on any atom is -0.340 e. The molecule has 2 aromatic heterocycles. The van der Waals surface area contributed by atoms with Gasteiger partial charge in [-0.05, 0) is 24.1 Å². The van der Waals surface area contributed by atoms with Crippen LogP contribution in [0.15, 0.2) is 58.8 Å². The Balaban J connectivity index is 1.22. The Labute approximate surface area is 189 Å². The second-order valence-corrected chi connectivity index (χ2v) is 8.51. The third kappa shape index (κ3) is 5.68. The van der Waals surface area contributed by atoms with Gasteiger partial charge in [0.15, 0.2) is 5.13 Å². The average molecular weight is 452 g/mol. The number of pyridine rings is 1. The number of nitrogens with one attached hydrogen (secondary N) is 2. The first-order chi connectivity index (χ1) is 15.6. The Morgan fingerprint density at radius 2 is 1.84 bits per heavy atom. The Morgan fingerprint density at radius 3 is 2.59 bits per heavy atom. The third-order valence-corrected chi connectivity index (χ3v) is 6.21. The van der Waals surface area contributed by atoms with Crippen molar-refractivity contribution in [3.8, 4) is 0 Å².